The third kappa shape index (κ3) is 22.7. The van der Waals surface area contributed by atoms with Gasteiger partial charge in [0.05, 0.1) is 6.61 Å². The van der Waals surface area contributed by atoms with Gasteiger partial charge in [-0.2, -0.15) is 0 Å². The van der Waals surface area contributed by atoms with Crippen LogP contribution in [0.3, 0.4) is 0 Å². The number of carboxylic acids is 1. The number of hydrogen-bond donors (Lipinski definition) is 1. The Labute approximate surface area is 148 Å². The first-order valence-electron chi connectivity index (χ1n) is 9.13. The van der Waals surface area contributed by atoms with Crippen LogP contribution in [0.4, 0.5) is 0 Å². The normalized spacial score (nSPS) is 10.1. The Balaban J connectivity index is 0. The Kier molecular flexibility index (Phi) is 20.0. The summed E-state index contributed by atoms with van der Waals surface area (Å²) in [4.78, 5) is 20.6. The van der Waals surface area contributed by atoms with Crippen LogP contribution in [0.2, 0.25) is 0 Å². The van der Waals surface area contributed by atoms with Crippen molar-refractivity contribution in [3.05, 3.63) is 24.3 Å². The summed E-state index contributed by atoms with van der Waals surface area (Å²) in [7, 11) is 0. The monoisotopic (exact) mass is 340 g/mol. The van der Waals surface area contributed by atoms with Crippen molar-refractivity contribution in [3.8, 4) is 0 Å². The van der Waals surface area contributed by atoms with Gasteiger partial charge in [0.25, 0.3) is 0 Å². The Hall–Kier alpha value is -1.58. The highest BCUT2D eigenvalue weighted by Crippen LogP contribution is 2.10. The number of hydrogen-bond acceptors (Lipinski definition) is 3. The van der Waals surface area contributed by atoms with E-state index in [1.165, 1.54) is 63.9 Å². The van der Waals surface area contributed by atoms with Crippen LogP contribution < -0.4 is 0 Å². The molecule has 4 heteroatoms. The molecule has 0 unspecified atom stereocenters. The number of unbranched alkanes of at least 4 members (excludes halogenated alkanes) is 9. The molecule has 0 aromatic carbocycles. The van der Waals surface area contributed by atoms with Gasteiger partial charge in [0.1, 0.15) is 0 Å². The maximum absolute atomic E-state index is 11.1. The molecule has 0 saturated carbocycles. The third-order valence-electron chi connectivity index (χ3n) is 3.39. The lowest BCUT2D eigenvalue weighted by atomic mass is 10.1. The Morgan fingerprint density at radius 1 is 0.958 bits per heavy atom. The maximum atomic E-state index is 11.1. The van der Waals surface area contributed by atoms with Gasteiger partial charge in [-0.05, 0) is 20.3 Å². The molecule has 1 N–H and O–H groups in total. The summed E-state index contributed by atoms with van der Waals surface area (Å²) in [6.45, 7) is 9.69. The molecule has 0 radical (unpaired) electrons. The van der Waals surface area contributed by atoms with E-state index in [4.69, 9.17) is 9.84 Å². The standard InChI is InChI=1S/C16H30O2.C4H6O2/c1-4-5-6-7-8-9-10-11-12-13-14-18-16(17)15(2)3;1-2-3-4(5)6/h2,4-14H2,1,3H3;2-3H,1H3,(H,5,6)/b;3-2+. The van der Waals surface area contributed by atoms with Crippen LogP contribution in [0, 0.1) is 0 Å². The van der Waals surface area contributed by atoms with E-state index >= 15 is 0 Å². The van der Waals surface area contributed by atoms with E-state index in [-0.39, 0.29) is 5.97 Å². The van der Waals surface area contributed by atoms with E-state index in [1.807, 2.05) is 0 Å². The lowest BCUT2D eigenvalue weighted by Gasteiger charge is -2.04. The second-order valence-electron chi connectivity index (χ2n) is 5.94. The summed E-state index contributed by atoms with van der Waals surface area (Å²) in [5.74, 6) is -1.15. The van der Waals surface area contributed by atoms with E-state index in [2.05, 4.69) is 13.5 Å². The summed E-state index contributed by atoms with van der Waals surface area (Å²) in [5.41, 5.74) is 0.488. The van der Waals surface area contributed by atoms with Gasteiger partial charge in [-0.15, -0.1) is 0 Å². The highest BCUT2D eigenvalue weighted by atomic mass is 16.5. The summed E-state index contributed by atoms with van der Waals surface area (Å²) < 4.78 is 5.04. The fourth-order valence-electron chi connectivity index (χ4n) is 2.02. The molecular formula is C20H36O4. The van der Waals surface area contributed by atoms with E-state index in [0.717, 1.165) is 12.5 Å². The molecule has 0 aliphatic carbocycles. The summed E-state index contributed by atoms with van der Waals surface area (Å²) in [5, 5.41) is 7.83. The fraction of sp³-hybridized carbons (Fsp3) is 0.700. The smallest absolute Gasteiger partial charge is 0.333 e. The van der Waals surface area contributed by atoms with Crippen LogP contribution in [0.1, 0.15) is 85.0 Å². The zero-order valence-electron chi connectivity index (χ0n) is 15.8. The highest BCUT2D eigenvalue weighted by molar-refractivity contribution is 5.86. The number of allylic oxidation sites excluding steroid dienone is 1. The number of carbonyl (C=O) groups is 2. The lowest BCUT2D eigenvalue weighted by molar-refractivity contribution is -0.139. The Morgan fingerprint density at radius 2 is 1.42 bits per heavy atom. The minimum absolute atomic E-state index is 0.258. The van der Waals surface area contributed by atoms with Gasteiger partial charge >= 0.3 is 11.9 Å². The molecule has 0 aromatic heterocycles. The molecule has 0 aliphatic rings. The zero-order chi connectivity index (χ0) is 18.6. The van der Waals surface area contributed by atoms with Gasteiger partial charge in [0, 0.05) is 11.6 Å². The Morgan fingerprint density at radius 3 is 1.75 bits per heavy atom. The summed E-state index contributed by atoms with van der Waals surface area (Å²) in [6, 6.07) is 0. The predicted octanol–water partition coefficient (Wildman–Crippen LogP) is 5.67. The van der Waals surface area contributed by atoms with Crippen LogP contribution in [0.25, 0.3) is 0 Å². The van der Waals surface area contributed by atoms with Gasteiger partial charge < -0.3 is 9.84 Å². The molecule has 0 fully saturated rings. The number of aliphatic carboxylic acids is 1. The molecule has 0 atom stereocenters. The van der Waals surface area contributed by atoms with Crippen LogP contribution in [0.5, 0.6) is 0 Å². The van der Waals surface area contributed by atoms with Crippen molar-refractivity contribution in [1.82, 2.24) is 0 Å². The molecule has 0 heterocycles. The van der Waals surface area contributed by atoms with Crippen LogP contribution in [-0.4, -0.2) is 23.7 Å². The van der Waals surface area contributed by atoms with Crippen molar-refractivity contribution < 1.29 is 19.4 Å². The van der Waals surface area contributed by atoms with E-state index in [1.54, 1.807) is 13.8 Å². The quantitative estimate of drug-likeness (QED) is 0.266. The number of carbonyl (C=O) groups excluding carboxylic acids is 1. The van der Waals surface area contributed by atoms with Crippen LogP contribution >= 0.6 is 0 Å². The van der Waals surface area contributed by atoms with E-state index in [9.17, 15) is 9.59 Å². The van der Waals surface area contributed by atoms with E-state index in [0.29, 0.717) is 12.2 Å². The molecule has 0 aliphatic heterocycles. The van der Waals surface area contributed by atoms with Crippen LogP contribution in [-0.2, 0) is 14.3 Å². The first kappa shape index (κ1) is 24.7. The maximum Gasteiger partial charge on any atom is 0.333 e. The highest BCUT2D eigenvalue weighted by Gasteiger charge is 2.01. The second-order valence-corrected chi connectivity index (χ2v) is 5.94. The summed E-state index contributed by atoms with van der Waals surface area (Å²) in [6.07, 6.45) is 15.5. The van der Waals surface area contributed by atoms with Gasteiger partial charge in [-0.1, -0.05) is 77.4 Å². The molecule has 0 spiro atoms. The van der Waals surface area contributed by atoms with Crippen molar-refractivity contribution in [2.45, 2.75) is 85.0 Å². The topological polar surface area (TPSA) is 63.6 Å². The summed E-state index contributed by atoms with van der Waals surface area (Å²) >= 11 is 0. The molecule has 24 heavy (non-hydrogen) atoms. The largest absolute Gasteiger partial charge is 0.478 e. The molecule has 0 amide bonds. The van der Waals surface area contributed by atoms with Crippen molar-refractivity contribution >= 4 is 11.9 Å². The molecule has 0 bridgehead atoms. The second kappa shape index (κ2) is 19.5. The van der Waals surface area contributed by atoms with Gasteiger partial charge in [0.15, 0.2) is 0 Å². The molecule has 0 rings (SSSR count). The van der Waals surface area contributed by atoms with Crippen molar-refractivity contribution in [3.63, 3.8) is 0 Å². The van der Waals surface area contributed by atoms with Gasteiger partial charge in [-0.25, -0.2) is 9.59 Å². The van der Waals surface area contributed by atoms with Crippen molar-refractivity contribution in [1.29, 1.82) is 0 Å². The predicted molar refractivity (Wildman–Crippen MR) is 100 cm³/mol. The fourth-order valence-corrected chi connectivity index (χ4v) is 2.02. The number of carboxylic acid groups (broad SMARTS) is 1. The Bertz CT molecular complexity index is 359. The van der Waals surface area contributed by atoms with Crippen molar-refractivity contribution in [2.75, 3.05) is 6.61 Å². The van der Waals surface area contributed by atoms with E-state index < -0.39 is 5.97 Å². The molecule has 0 aromatic rings. The van der Waals surface area contributed by atoms with Crippen molar-refractivity contribution in [2.24, 2.45) is 0 Å². The van der Waals surface area contributed by atoms with Gasteiger partial charge in [0.2, 0.25) is 0 Å². The molecule has 4 nitrogen and oxygen atoms in total. The van der Waals surface area contributed by atoms with Crippen LogP contribution in [0.15, 0.2) is 24.3 Å². The SMILES string of the molecule is C/C=C/C(=O)O.C=C(C)C(=O)OCCCCCCCCCCCC. The first-order chi connectivity index (χ1) is 11.5. The third-order valence-corrected chi connectivity index (χ3v) is 3.39. The number of esters is 1. The lowest BCUT2D eigenvalue weighted by Crippen LogP contribution is -2.05. The number of ether oxygens (including phenoxy) is 1. The first-order valence-corrected chi connectivity index (χ1v) is 9.13. The molecule has 0 saturated heterocycles. The molecular weight excluding hydrogens is 304 g/mol. The minimum Gasteiger partial charge on any atom is -0.478 e. The molecule has 140 valence electrons. The average molecular weight is 341 g/mol. The van der Waals surface area contributed by atoms with Gasteiger partial charge in [-0.3, -0.25) is 0 Å². The minimum atomic E-state index is -0.891. The average Bonchev–Trinajstić information content (AvgIpc) is 2.52. The number of rotatable bonds is 13. The zero-order valence-corrected chi connectivity index (χ0v) is 15.8.